The molecule has 2 aromatic carbocycles. The van der Waals surface area contributed by atoms with Crippen LogP contribution < -0.4 is 5.32 Å². The molecule has 5 nitrogen and oxygen atoms in total. The molecule has 0 saturated heterocycles. The molecule has 0 saturated carbocycles. The van der Waals surface area contributed by atoms with E-state index in [9.17, 15) is 17.6 Å². The van der Waals surface area contributed by atoms with Crippen LogP contribution in [0.2, 0.25) is 0 Å². The average molecular weight is 429 g/mol. The van der Waals surface area contributed by atoms with Crippen LogP contribution in [0.4, 0.5) is 4.39 Å². The highest BCUT2D eigenvalue weighted by Gasteiger charge is 2.22. The summed E-state index contributed by atoms with van der Waals surface area (Å²) in [5.41, 5.74) is 0.499. The molecular formula is C17H18BrFN2O3S. The Morgan fingerprint density at radius 2 is 1.80 bits per heavy atom. The number of halogens is 2. The molecule has 2 aromatic rings. The zero-order valence-electron chi connectivity index (χ0n) is 13.6. The maximum atomic E-state index is 13.5. The van der Waals surface area contributed by atoms with Crippen molar-refractivity contribution in [2.24, 2.45) is 0 Å². The summed E-state index contributed by atoms with van der Waals surface area (Å²) >= 11 is 3.24. The van der Waals surface area contributed by atoms with Crippen LogP contribution in [0.25, 0.3) is 0 Å². The molecule has 1 amide bonds. The number of benzene rings is 2. The lowest BCUT2D eigenvalue weighted by Crippen LogP contribution is -2.39. The number of carbonyl (C=O) groups excluding carboxylic acids is 1. The summed E-state index contributed by atoms with van der Waals surface area (Å²) in [5, 5.41) is 2.60. The summed E-state index contributed by atoms with van der Waals surface area (Å²) in [4.78, 5) is 12.1. The minimum absolute atomic E-state index is 0.109. The zero-order valence-corrected chi connectivity index (χ0v) is 16.0. The van der Waals surface area contributed by atoms with Gasteiger partial charge in [0.25, 0.3) is 0 Å². The lowest BCUT2D eigenvalue weighted by molar-refractivity contribution is -0.121. The monoisotopic (exact) mass is 428 g/mol. The number of carbonyl (C=O) groups is 1. The first kappa shape index (κ1) is 19.6. The number of sulfonamides is 1. The van der Waals surface area contributed by atoms with Crippen LogP contribution in [0.15, 0.2) is 57.9 Å². The van der Waals surface area contributed by atoms with E-state index >= 15 is 0 Å². The van der Waals surface area contributed by atoms with Crippen molar-refractivity contribution in [3.05, 3.63) is 64.4 Å². The quantitative estimate of drug-likeness (QED) is 0.736. The number of hydrogen-bond donors (Lipinski definition) is 1. The van der Waals surface area contributed by atoms with Crippen LogP contribution in [0, 0.1) is 5.82 Å². The van der Waals surface area contributed by atoms with Crippen molar-refractivity contribution in [3.8, 4) is 0 Å². The fourth-order valence-corrected chi connectivity index (χ4v) is 3.56. The van der Waals surface area contributed by atoms with Crippen LogP contribution in [-0.2, 0) is 21.2 Å². The second-order valence-electron chi connectivity index (χ2n) is 5.41. The fourth-order valence-electron chi connectivity index (χ4n) is 2.17. The topological polar surface area (TPSA) is 66.5 Å². The second-order valence-corrected chi connectivity index (χ2v) is 8.37. The van der Waals surface area contributed by atoms with Crippen molar-refractivity contribution < 1.29 is 17.6 Å². The van der Waals surface area contributed by atoms with E-state index in [1.165, 1.54) is 25.2 Å². The van der Waals surface area contributed by atoms with E-state index in [4.69, 9.17) is 0 Å². The maximum absolute atomic E-state index is 13.5. The van der Waals surface area contributed by atoms with Gasteiger partial charge >= 0.3 is 0 Å². The first-order chi connectivity index (χ1) is 11.8. The van der Waals surface area contributed by atoms with Gasteiger partial charge < -0.3 is 5.32 Å². The van der Waals surface area contributed by atoms with Crippen LogP contribution in [-0.4, -0.2) is 38.8 Å². The van der Waals surface area contributed by atoms with E-state index in [0.29, 0.717) is 12.0 Å². The Balaban J connectivity index is 1.89. The largest absolute Gasteiger partial charge is 0.355 e. The van der Waals surface area contributed by atoms with Crippen molar-refractivity contribution in [2.75, 3.05) is 20.1 Å². The Morgan fingerprint density at radius 3 is 2.44 bits per heavy atom. The highest BCUT2D eigenvalue weighted by atomic mass is 79.9. The molecule has 134 valence electrons. The molecule has 0 atom stereocenters. The van der Waals surface area contributed by atoms with Crippen molar-refractivity contribution in [1.82, 2.24) is 9.62 Å². The van der Waals surface area contributed by atoms with E-state index in [1.54, 1.807) is 30.3 Å². The van der Waals surface area contributed by atoms with E-state index in [0.717, 1.165) is 8.78 Å². The van der Waals surface area contributed by atoms with Gasteiger partial charge in [-0.3, -0.25) is 4.79 Å². The molecule has 0 aliphatic carbocycles. The van der Waals surface area contributed by atoms with Crippen LogP contribution in [0.1, 0.15) is 5.56 Å². The molecular weight excluding hydrogens is 411 g/mol. The van der Waals surface area contributed by atoms with Gasteiger partial charge in [-0.1, -0.05) is 34.1 Å². The Kier molecular flexibility index (Phi) is 6.69. The molecule has 0 heterocycles. The summed E-state index contributed by atoms with van der Waals surface area (Å²) in [6.07, 6.45) is 0.335. The average Bonchev–Trinajstić information content (AvgIpc) is 2.57. The van der Waals surface area contributed by atoms with Crippen LogP contribution in [0.5, 0.6) is 0 Å². The van der Waals surface area contributed by atoms with Gasteiger partial charge in [-0.25, -0.2) is 12.8 Å². The highest BCUT2D eigenvalue weighted by molar-refractivity contribution is 9.10. The molecule has 1 N–H and O–H groups in total. The van der Waals surface area contributed by atoms with Gasteiger partial charge in [0.2, 0.25) is 15.9 Å². The number of hydrogen-bond acceptors (Lipinski definition) is 3. The van der Waals surface area contributed by atoms with Gasteiger partial charge in [0.05, 0.1) is 11.4 Å². The van der Waals surface area contributed by atoms with Crippen LogP contribution in [0.3, 0.4) is 0 Å². The predicted octanol–water partition coefficient (Wildman–Crippen LogP) is 2.57. The van der Waals surface area contributed by atoms with E-state index < -0.39 is 15.9 Å². The third-order valence-electron chi connectivity index (χ3n) is 3.56. The van der Waals surface area contributed by atoms with Gasteiger partial charge in [-0.05, 0) is 42.3 Å². The number of likely N-dealkylation sites (N-methyl/N-ethyl adjacent to an activating group) is 1. The zero-order chi connectivity index (χ0) is 18.4. The molecule has 8 heteroatoms. The lowest BCUT2D eigenvalue weighted by atomic mass is 10.1. The van der Waals surface area contributed by atoms with Gasteiger partial charge in [0, 0.05) is 18.1 Å². The van der Waals surface area contributed by atoms with Crippen molar-refractivity contribution in [3.63, 3.8) is 0 Å². The minimum atomic E-state index is -3.74. The summed E-state index contributed by atoms with van der Waals surface area (Å²) in [6, 6.07) is 12.5. The van der Waals surface area contributed by atoms with Crippen molar-refractivity contribution >= 4 is 31.9 Å². The summed E-state index contributed by atoms with van der Waals surface area (Å²) in [7, 11) is -2.40. The first-order valence-electron chi connectivity index (χ1n) is 7.52. The molecule has 0 bridgehead atoms. The molecule has 2 rings (SSSR count). The standard InChI is InChI=1S/C17H18BrFN2O3S/c1-21(25(23,24)15-8-6-14(18)7-9-15)12-17(22)20-11-10-13-4-2-3-5-16(13)19/h2-9H,10-12H2,1H3,(H,20,22). The van der Waals surface area contributed by atoms with Gasteiger partial charge in [-0.15, -0.1) is 0 Å². The molecule has 0 unspecified atom stereocenters. The summed E-state index contributed by atoms with van der Waals surface area (Å²) < 4.78 is 40.0. The molecule has 0 aromatic heterocycles. The van der Waals surface area contributed by atoms with E-state index in [-0.39, 0.29) is 23.8 Å². The fraction of sp³-hybridized carbons (Fsp3) is 0.235. The minimum Gasteiger partial charge on any atom is -0.355 e. The number of rotatable bonds is 7. The number of amides is 1. The highest BCUT2D eigenvalue weighted by Crippen LogP contribution is 2.17. The Hall–Kier alpha value is -1.77. The van der Waals surface area contributed by atoms with Gasteiger partial charge in [0.1, 0.15) is 5.82 Å². The Morgan fingerprint density at radius 1 is 1.16 bits per heavy atom. The van der Waals surface area contributed by atoms with Gasteiger partial charge in [-0.2, -0.15) is 4.31 Å². The molecule has 25 heavy (non-hydrogen) atoms. The Bertz CT molecular complexity index is 841. The summed E-state index contributed by atoms with van der Waals surface area (Å²) in [5.74, 6) is -0.772. The molecule has 0 aliphatic heterocycles. The molecule has 0 radical (unpaired) electrons. The van der Waals surface area contributed by atoms with Crippen molar-refractivity contribution in [2.45, 2.75) is 11.3 Å². The van der Waals surface area contributed by atoms with Crippen molar-refractivity contribution in [1.29, 1.82) is 0 Å². The Labute approximate surface area is 155 Å². The predicted molar refractivity (Wildman–Crippen MR) is 97.1 cm³/mol. The van der Waals surface area contributed by atoms with Crippen LogP contribution >= 0.6 is 15.9 Å². The second kappa shape index (κ2) is 8.55. The van der Waals surface area contributed by atoms with E-state index in [2.05, 4.69) is 21.2 Å². The smallest absolute Gasteiger partial charge is 0.243 e. The van der Waals surface area contributed by atoms with Gasteiger partial charge in [0.15, 0.2) is 0 Å². The molecule has 0 spiro atoms. The third kappa shape index (κ3) is 5.35. The SMILES string of the molecule is CN(CC(=O)NCCc1ccccc1F)S(=O)(=O)c1ccc(Br)cc1. The normalized spacial score (nSPS) is 11.5. The summed E-state index contributed by atoms with van der Waals surface area (Å²) in [6.45, 7) is -0.0817. The maximum Gasteiger partial charge on any atom is 0.243 e. The number of nitrogens with zero attached hydrogens (tertiary/aromatic N) is 1. The lowest BCUT2D eigenvalue weighted by Gasteiger charge is -2.17. The third-order valence-corrected chi connectivity index (χ3v) is 5.91. The number of nitrogens with one attached hydrogen (secondary N) is 1. The molecule has 0 aliphatic rings. The molecule has 0 fully saturated rings. The first-order valence-corrected chi connectivity index (χ1v) is 9.76. The van der Waals surface area contributed by atoms with E-state index in [1.807, 2.05) is 0 Å².